The molecule has 0 aliphatic carbocycles. The smallest absolute Gasteiger partial charge is 0.186 e. The Labute approximate surface area is 139 Å². The van der Waals surface area contributed by atoms with Gasteiger partial charge in [-0.3, -0.25) is 4.79 Å². The van der Waals surface area contributed by atoms with Crippen molar-refractivity contribution in [1.29, 1.82) is 0 Å². The summed E-state index contributed by atoms with van der Waals surface area (Å²) >= 11 is 13.5. The number of rotatable bonds is 5. The molecule has 0 aliphatic rings. The number of aryl methyl sites for hydroxylation is 1. The van der Waals surface area contributed by atoms with E-state index in [1.165, 1.54) is 23.4 Å². The molecule has 2 rings (SSSR count). The van der Waals surface area contributed by atoms with E-state index < -0.39 is 0 Å². The first-order valence-corrected chi connectivity index (χ1v) is 8.16. The lowest BCUT2D eigenvalue weighted by molar-refractivity contribution is 0.104. The molecule has 2 aromatic rings. The first-order valence-electron chi connectivity index (χ1n) is 6.52. The Morgan fingerprint density at radius 1 is 1.10 bits per heavy atom. The van der Waals surface area contributed by atoms with Gasteiger partial charge in [-0.15, -0.1) is 0 Å². The quantitative estimate of drug-likeness (QED) is 0.376. The van der Waals surface area contributed by atoms with Gasteiger partial charge in [0.2, 0.25) is 0 Å². The van der Waals surface area contributed by atoms with E-state index in [1.807, 2.05) is 24.3 Å². The van der Waals surface area contributed by atoms with Crippen molar-refractivity contribution in [3.63, 3.8) is 0 Å². The fourth-order valence-corrected chi connectivity index (χ4v) is 3.11. The molecule has 2 aromatic carbocycles. The molecule has 0 amide bonds. The fourth-order valence-electron chi connectivity index (χ4n) is 1.76. The largest absolute Gasteiger partial charge is 0.289 e. The summed E-state index contributed by atoms with van der Waals surface area (Å²) in [6, 6.07) is 13.0. The summed E-state index contributed by atoms with van der Waals surface area (Å²) in [6.07, 6.45) is 2.50. The maximum atomic E-state index is 12.0. The number of thioether (sulfide) groups is 1. The second-order valence-electron chi connectivity index (χ2n) is 4.39. The molecule has 0 heterocycles. The van der Waals surface area contributed by atoms with Gasteiger partial charge in [0, 0.05) is 10.5 Å². The van der Waals surface area contributed by atoms with E-state index in [0.717, 1.165) is 11.3 Å². The third kappa shape index (κ3) is 4.37. The summed E-state index contributed by atoms with van der Waals surface area (Å²) < 4.78 is 0. The Morgan fingerprint density at radius 2 is 1.71 bits per heavy atom. The Balaban J connectivity index is 2.05. The Kier molecular flexibility index (Phi) is 5.92. The van der Waals surface area contributed by atoms with Gasteiger partial charge in [-0.05, 0) is 35.6 Å². The van der Waals surface area contributed by atoms with Crippen molar-refractivity contribution in [2.24, 2.45) is 0 Å². The average Bonchev–Trinajstić information content (AvgIpc) is 2.50. The lowest BCUT2D eigenvalue weighted by atomic mass is 10.1. The van der Waals surface area contributed by atoms with Crippen LogP contribution in [0.5, 0.6) is 0 Å². The second kappa shape index (κ2) is 7.69. The van der Waals surface area contributed by atoms with Crippen molar-refractivity contribution in [1.82, 2.24) is 0 Å². The number of ketones is 1. The molecular weight excluding hydrogens is 323 g/mol. The molecule has 0 fully saturated rings. The molecule has 0 aliphatic heterocycles. The van der Waals surface area contributed by atoms with Crippen molar-refractivity contribution in [2.75, 3.05) is 0 Å². The molecule has 108 valence electrons. The van der Waals surface area contributed by atoms with Crippen LogP contribution >= 0.6 is 35.0 Å². The predicted octanol–water partition coefficient (Wildman–Crippen LogP) is 6.04. The molecule has 0 bridgehead atoms. The lowest BCUT2D eigenvalue weighted by Crippen LogP contribution is -1.94. The highest BCUT2D eigenvalue weighted by molar-refractivity contribution is 8.02. The molecule has 0 unspecified atom stereocenters. The number of allylic oxidation sites excluding steroid dienone is 1. The van der Waals surface area contributed by atoms with Crippen LogP contribution in [0.3, 0.4) is 0 Å². The lowest BCUT2D eigenvalue weighted by Gasteiger charge is -2.02. The minimum Gasteiger partial charge on any atom is -0.289 e. The number of hydrogen-bond acceptors (Lipinski definition) is 2. The van der Waals surface area contributed by atoms with Gasteiger partial charge in [0.1, 0.15) is 0 Å². The van der Waals surface area contributed by atoms with E-state index in [2.05, 4.69) is 6.92 Å². The van der Waals surface area contributed by atoms with Crippen LogP contribution in [0.25, 0.3) is 0 Å². The number of carbonyl (C=O) groups excluding carboxylic acids is 1. The summed E-state index contributed by atoms with van der Waals surface area (Å²) in [5.41, 5.74) is 1.89. The van der Waals surface area contributed by atoms with Crippen molar-refractivity contribution < 1.29 is 4.79 Å². The highest BCUT2D eigenvalue weighted by Crippen LogP contribution is 2.34. The molecule has 0 saturated heterocycles. The molecule has 0 spiro atoms. The number of hydrogen-bond donors (Lipinski definition) is 0. The van der Waals surface area contributed by atoms with Crippen molar-refractivity contribution in [3.05, 3.63) is 75.1 Å². The van der Waals surface area contributed by atoms with E-state index >= 15 is 0 Å². The van der Waals surface area contributed by atoms with E-state index in [9.17, 15) is 4.79 Å². The van der Waals surface area contributed by atoms with E-state index in [4.69, 9.17) is 23.2 Å². The third-order valence-corrected chi connectivity index (χ3v) is 4.77. The number of carbonyl (C=O) groups is 1. The van der Waals surface area contributed by atoms with Crippen molar-refractivity contribution in [3.8, 4) is 0 Å². The monoisotopic (exact) mass is 336 g/mol. The summed E-state index contributed by atoms with van der Waals surface area (Å²) in [6.45, 7) is 2.08. The zero-order valence-corrected chi connectivity index (χ0v) is 13.8. The summed E-state index contributed by atoms with van der Waals surface area (Å²) in [7, 11) is 0. The van der Waals surface area contributed by atoms with Gasteiger partial charge in [-0.25, -0.2) is 0 Å². The number of halogens is 2. The molecular formula is C17H14Cl2OS. The van der Waals surface area contributed by atoms with Gasteiger partial charge in [-0.2, -0.15) is 0 Å². The van der Waals surface area contributed by atoms with Crippen LogP contribution in [0.1, 0.15) is 22.8 Å². The molecule has 0 atom stereocenters. The first-order chi connectivity index (χ1) is 10.1. The predicted molar refractivity (Wildman–Crippen MR) is 91.6 cm³/mol. The molecule has 4 heteroatoms. The standard InChI is InChI=1S/C17H14Cl2OS/c1-2-12-6-8-13(9-7-12)16(20)10-11-21-17-14(18)4-3-5-15(17)19/h3-11H,2H2,1H3/b11-10+. The summed E-state index contributed by atoms with van der Waals surface area (Å²) in [4.78, 5) is 12.8. The van der Waals surface area contributed by atoms with Crippen molar-refractivity contribution in [2.45, 2.75) is 18.2 Å². The van der Waals surface area contributed by atoms with Gasteiger partial charge in [0.05, 0.1) is 10.0 Å². The molecule has 21 heavy (non-hydrogen) atoms. The zero-order valence-electron chi connectivity index (χ0n) is 11.5. The first kappa shape index (κ1) is 16.2. The Morgan fingerprint density at radius 3 is 2.29 bits per heavy atom. The zero-order chi connectivity index (χ0) is 15.2. The SMILES string of the molecule is CCc1ccc(C(=O)/C=C/Sc2c(Cl)cccc2Cl)cc1. The summed E-state index contributed by atoms with van der Waals surface area (Å²) in [5, 5.41) is 2.87. The van der Waals surface area contributed by atoms with Crippen LogP contribution in [0.2, 0.25) is 10.0 Å². The second-order valence-corrected chi connectivity index (χ2v) is 6.12. The molecule has 0 saturated carbocycles. The molecule has 0 radical (unpaired) electrons. The van der Waals surface area contributed by atoms with Crippen LogP contribution in [0, 0.1) is 0 Å². The van der Waals surface area contributed by atoms with Crippen LogP contribution < -0.4 is 0 Å². The van der Waals surface area contributed by atoms with Crippen LogP contribution in [-0.4, -0.2) is 5.78 Å². The summed E-state index contributed by atoms with van der Waals surface area (Å²) in [5.74, 6) is -0.0340. The van der Waals surface area contributed by atoms with Gasteiger partial charge in [0.15, 0.2) is 5.78 Å². The highest BCUT2D eigenvalue weighted by atomic mass is 35.5. The van der Waals surface area contributed by atoms with Gasteiger partial charge in [-0.1, -0.05) is 72.2 Å². The topological polar surface area (TPSA) is 17.1 Å². The number of benzene rings is 2. The molecule has 1 nitrogen and oxygen atoms in total. The maximum Gasteiger partial charge on any atom is 0.186 e. The normalized spacial score (nSPS) is 11.0. The van der Waals surface area contributed by atoms with E-state index in [1.54, 1.807) is 23.6 Å². The minimum atomic E-state index is -0.0340. The van der Waals surface area contributed by atoms with Gasteiger partial charge >= 0.3 is 0 Å². The molecule has 0 aromatic heterocycles. The van der Waals surface area contributed by atoms with Gasteiger partial charge < -0.3 is 0 Å². The van der Waals surface area contributed by atoms with Crippen LogP contribution in [0.4, 0.5) is 0 Å². The van der Waals surface area contributed by atoms with Crippen LogP contribution in [0.15, 0.2) is 58.8 Å². The van der Waals surface area contributed by atoms with Gasteiger partial charge in [0.25, 0.3) is 0 Å². The third-order valence-electron chi connectivity index (χ3n) is 2.97. The fraction of sp³-hybridized carbons (Fsp3) is 0.118. The maximum absolute atomic E-state index is 12.0. The highest BCUT2D eigenvalue weighted by Gasteiger charge is 2.05. The minimum absolute atomic E-state index is 0.0340. The Bertz CT molecular complexity index is 643. The molecule has 0 N–H and O–H groups in total. The van der Waals surface area contributed by atoms with Crippen molar-refractivity contribution >= 4 is 40.7 Å². The average molecular weight is 337 g/mol. The van der Waals surface area contributed by atoms with E-state index in [0.29, 0.717) is 15.6 Å². The van der Waals surface area contributed by atoms with Crippen LogP contribution in [-0.2, 0) is 6.42 Å². The van der Waals surface area contributed by atoms with E-state index in [-0.39, 0.29) is 5.78 Å². The Hall–Kier alpha value is -1.22.